The average Bonchev–Trinajstić information content (AvgIpc) is 2.65. The Morgan fingerprint density at radius 1 is 1.19 bits per heavy atom. The summed E-state index contributed by atoms with van der Waals surface area (Å²) in [5.41, 5.74) is 1.44. The number of benzene rings is 2. The molecule has 0 saturated carbocycles. The third-order valence-electron chi connectivity index (χ3n) is 3.85. The lowest BCUT2D eigenvalue weighted by atomic mass is 10.1. The predicted molar refractivity (Wildman–Crippen MR) is 102 cm³/mol. The van der Waals surface area contributed by atoms with Crippen molar-refractivity contribution in [3.63, 3.8) is 0 Å². The zero-order valence-corrected chi connectivity index (χ0v) is 15.2. The van der Waals surface area contributed by atoms with Crippen molar-refractivity contribution < 1.29 is 14.3 Å². The number of amides is 1. The molecule has 0 aliphatic rings. The summed E-state index contributed by atoms with van der Waals surface area (Å²) < 4.78 is 5.00. The number of nitrogens with zero attached hydrogens (tertiary/aromatic N) is 1. The molecule has 1 amide bonds. The lowest BCUT2D eigenvalue weighted by Gasteiger charge is -2.09. The number of halogens is 1. The number of rotatable bonds is 5. The number of esters is 1. The first-order valence-electron chi connectivity index (χ1n) is 8.12. The molecule has 138 valence electrons. The topological polar surface area (TPSA) is 101 Å². The number of aromatic amines is 1. The van der Waals surface area contributed by atoms with Crippen molar-refractivity contribution in [2.75, 3.05) is 11.9 Å². The second-order valence-corrected chi connectivity index (χ2v) is 6.32. The molecule has 0 spiro atoms. The van der Waals surface area contributed by atoms with Crippen LogP contribution in [0.3, 0.4) is 0 Å². The second-order valence-electron chi connectivity index (χ2n) is 5.91. The van der Waals surface area contributed by atoms with E-state index in [1.807, 2.05) is 6.92 Å². The number of anilines is 1. The van der Waals surface area contributed by atoms with E-state index in [9.17, 15) is 14.4 Å². The third kappa shape index (κ3) is 4.51. The summed E-state index contributed by atoms with van der Waals surface area (Å²) in [7, 11) is 0. The normalized spacial score (nSPS) is 10.6. The highest BCUT2D eigenvalue weighted by molar-refractivity contribution is 6.33. The van der Waals surface area contributed by atoms with Crippen LogP contribution in [0.25, 0.3) is 10.8 Å². The molecule has 0 radical (unpaired) electrons. The molecule has 0 aliphatic heterocycles. The molecule has 1 heterocycles. The van der Waals surface area contributed by atoms with Crippen LogP contribution in [-0.2, 0) is 20.7 Å². The molecule has 0 atom stereocenters. The van der Waals surface area contributed by atoms with E-state index in [4.69, 9.17) is 16.3 Å². The molecule has 27 heavy (non-hydrogen) atoms. The molecule has 1 aromatic heterocycles. The van der Waals surface area contributed by atoms with E-state index in [0.717, 1.165) is 5.56 Å². The smallest absolute Gasteiger partial charge is 0.312 e. The maximum atomic E-state index is 12.0. The van der Waals surface area contributed by atoms with Gasteiger partial charge in [-0.2, -0.15) is 5.10 Å². The van der Waals surface area contributed by atoms with Gasteiger partial charge < -0.3 is 10.1 Å². The van der Waals surface area contributed by atoms with E-state index < -0.39 is 18.5 Å². The first kappa shape index (κ1) is 18.6. The molecule has 0 saturated heterocycles. The summed E-state index contributed by atoms with van der Waals surface area (Å²) in [4.78, 5) is 35.8. The summed E-state index contributed by atoms with van der Waals surface area (Å²) in [6, 6.07) is 12.0. The fraction of sp³-hybridized carbons (Fsp3) is 0.158. The van der Waals surface area contributed by atoms with E-state index >= 15 is 0 Å². The number of carbonyl (C=O) groups excluding carboxylic acids is 2. The maximum Gasteiger partial charge on any atom is 0.312 e. The first-order valence-corrected chi connectivity index (χ1v) is 8.50. The van der Waals surface area contributed by atoms with E-state index in [2.05, 4.69) is 15.5 Å². The summed E-state index contributed by atoms with van der Waals surface area (Å²) in [6.07, 6.45) is -0.171. The second kappa shape index (κ2) is 8.01. The number of ether oxygens (including phenoxy) is 1. The average molecular weight is 386 g/mol. The van der Waals surface area contributed by atoms with Crippen LogP contribution in [0.1, 0.15) is 11.3 Å². The molecule has 3 aromatic rings. The van der Waals surface area contributed by atoms with Crippen molar-refractivity contribution in [3.05, 3.63) is 69.1 Å². The number of aryl methyl sites for hydroxylation is 1. The highest BCUT2D eigenvalue weighted by Crippen LogP contribution is 2.22. The minimum atomic E-state index is -0.634. The summed E-state index contributed by atoms with van der Waals surface area (Å²) in [5, 5.41) is 10.2. The van der Waals surface area contributed by atoms with E-state index in [0.29, 0.717) is 27.2 Å². The molecular formula is C19H16ClN3O4. The summed E-state index contributed by atoms with van der Waals surface area (Å²) in [6.45, 7) is 1.43. The number of carbonyl (C=O) groups is 2. The van der Waals surface area contributed by atoms with Gasteiger partial charge in [-0.1, -0.05) is 35.9 Å². The van der Waals surface area contributed by atoms with Crippen LogP contribution in [0.4, 0.5) is 5.69 Å². The minimum Gasteiger partial charge on any atom is -0.455 e. The molecule has 0 aliphatic carbocycles. The quantitative estimate of drug-likeness (QED) is 0.657. The van der Waals surface area contributed by atoms with Crippen LogP contribution >= 0.6 is 11.6 Å². The number of hydrogen-bond acceptors (Lipinski definition) is 5. The van der Waals surface area contributed by atoms with Crippen molar-refractivity contribution in [1.82, 2.24) is 10.2 Å². The highest BCUT2D eigenvalue weighted by atomic mass is 35.5. The van der Waals surface area contributed by atoms with Gasteiger partial charge in [0.25, 0.3) is 11.5 Å². The van der Waals surface area contributed by atoms with Crippen LogP contribution in [0.15, 0.2) is 47.3 Å². The Balaban J connectivity index is 1.61. The molecule has 2 N–H and O–H groups in total. The molecule has 2 aromatic carbocycles. The Morgan fingerprint density at radius 2 is 1.93 bits per heavy atom. The lowest BCUT2D eigenvalue weighted by molar-refractivity contribution is -0.146. The van der Waals surface area contributed by atoms with Crippen LogP contribution in [0.5, 0.6) is 0 Å². The number of aromatic nitrogens is 2. The van der Waals surface area contributed by atoms with Crippen LogP contribution in [-0.4, -0.2) is 28.7 Å². The van der Waals surface area contributed by atoms with Crippen molar-refractivity contribution in [3.8, 4) is 0 Å². The highest BCUT2D eigenvalue weighted by Gasteiger charge is 2.14. The summed E-state index contributed by atoms with van der Waals surface area (Å²) >= 11 is 6.05. The van der Waals surface area contributed by atoms with Gasteiger partial charge in [-0.25, -0.2) is 5.10 Å². The predicted octanol–water partition coefficient (Wildman–Crippen LogP) is 2.61. The van der Waals surface area contributed by atoms with Gasteiger partial charge in [-0.3, -0.25) is 14.4 Å². The van der Waals surface area contributed by atoms with Gasteiger partial charge in [-0.05, 0) is 30.7 Å². The Labute approximate surface area is 159 Å². The van der Waals surface area contributed by atoms with Gasteiger partial charge >= 0.3 is 5.97 Å². The molecule has 0 bridgehead atoms. The fourth-order valence-corrected chi connectivity index (χ4v) is 2.83. The van der Waals surface area contributed by atoms with Gasteiger partial charge in [-0.15, -0.1) is 0 Å². The Hall–Kier alpha value is -3.19. The van der Waals surface area contributed by atoms with Crippen molar-refractivity contribution in [2.45, 2.75) is 13.3 Å². The largest absolute Gasteiger partial charge is 0.455 e. The van der Waals surface area contributed by atoms with E-state index in [-0.39, 0.29) is 12.0 Å². The van der Waals surface area contributed by atoms with Crippen LogP contribution < -0.4 is 10.9 Å². The van der Waals surface area contributed by atoms with E-state index in [1.54, 1.807) is 42.5 Å². The number of hydrogen-bond donors (Lipinski definition) is 2. The zero-order valence-electron chi connectivity index (χ0n) is 14.4. The van der Waals surface area contributed by atoms with Gasteiger partial charge in [0.1, 0.15) is 0 Å². The SMILES string of the molecule is Cc1ccc(NC(=O)COC(=O)Cc2n[nH]c(=O)c3ccccc23)c(Cl)c1. The Kier molecular flexibility index (Phi) is 5.52. The van der Waals surface area contributed by atoms with Gasteiger partial charge in [0.15, 0.2) is 6.61 Å². The van der Waals surface area contributed by atoms with Gasteiger partial charge in [0.05, 0.1) is 28.2 Å². The maximum absolute atomic E-state index is 12.0. The van der Waals surface area contributed by atoms with Crippen LogP contribution in [0.2, 0.25) is 5.02 Å². The van der Waals surface area contributed by atoms with Gasteiger partial charge in [0.2, 0.25) is 0 Å². The Morgan fingerprint density at radius 3 is 2.67 bits per heavy atom. The van der Waals surface area contributed by atoms with Crippen LogP contribution in [0, 0.1) is 6.92 Å². The number of nitrogens with one attached hydrogen (secondary N) is 2. The standard InChI is InChI=1S/C19H16ClN3O4/c1-11-6-7-15(14(20)8-11)21-17(24)10-27-18(25)9-16-12-4-2-3-5-13(12)19(26)23-22-16/h2-8H,9-10H2,1H3,(H,21,24)(H,23,26). The monoisotopic (exact) mass is 385 g/mol. The molecule has 0 fully saturated rings. The van der Waals surface area contributed by atoms with Crippen molar-refractivity contribution in [1.29, 1.82) is 0 Å². The Bertz CT molecular complexity index is 1080. The lowest BCUT2D eigenvalue weighted by Crippen LogP contribution is -2.22. The fourth-order valence-electron chi connectivity index (χ4n) is 2.55. The van der Waals surface area contributed by atoms with Crippen molar-refractivity contribution in [2.24, 2.45) is 0 Å². The zero-order chi connectivity index (χ0) is 19.4. The minimum absolute atomic E-state index is 0.171. The summed E-state index contributed by atoms with van der Waals surface area (Å²) in [5.74, 6) is -1.14. The molecule has 0 unspecified atom stereocenters. The number of H-pyrrole nitrogens is 1. The first-order chi connectivity index (χ1) is 12.9. The third-order valence-corrected chi connectivity index (χ3v) is 4.16. The number of fused-ring (bicyclic) bond motifs is 1. The van der Waals surface area contributed by atoms with Gasteiger partial charge in [0, 0.05) is 5.39 Å². The molecular weight excluding hydrogens is 370 g/mol. The van der Waals surface area contributed by atoms with Crippen molar-refractivity contribution >= 4 is 39.9 Å². The molecule has 8 heteroatoms. The van der Waals surface area contributed by atoms with E-state index in [1.165, 1.54) is 0 Å². The molecule has 3 rings (SSSR count). The molecule has 7 nitrogen and oxygen atoms in total.